The summed E-state index contributed by atoms with van der Waals surface area (Å²) in [5.74, 6) is 0. The van der Waals surface area contributed by atoms with Crippen LogP contribution in [-0.4, -0.2) is 15.0 Å². The molecule has 0 spiro atoms. The van der Waals surface area contributed by atoms with Crippen LogP contribution in [0.25, 0.3) is 54.8 Å². The normalized spacial score (nSPS) is 13.8. The Balaban J connectivity index is 0.000000269. The van der Waals surface area contributed by atoms with Crippen molar-refractivity contribution in [2.75, 3.05) is 0 Å². The van der Waals surface area contributed by atoms with Gasteiger partial charge in [-0.05, 0) is 54.3 Å². The molecule has 6 heteroatoms. The van der Waals surface area contributed by atoms with Gasteiger partial charge in [-0.2, -0.15) is 0 Å². The number of aromatic nitrogens is 3. The van der Waals surface area contributed by atoms with Crippen molar-refractivity contribution in [2.45, 2.75) is 34.0 Å². The molecule has 0 unspecified atom stereocenters. The molecule has 0 bridgehead atoms. The zero-order valence-corrected chi connectivity index (χ0v) is 25.9. The van der Waals surface area contributed by atoms with E-state index in [1.165, 1.54) is 17.4 Å². The van der Waals surface area contributed by atoms with Crippen LogP contribution in [0.15, 0.2) is 95.5 Å². The summed E-state index contributed by atoms with van der Waals surface area (Å²) in [6.07, 6.45) is 0.297. The summed E-state index contributed by atoms with van der Waals surface area (Å²) in [7, 11) is 0. The first kappa shape index (κ1) is 22.9. The van der Waals surface area contributed by atoms with Gasteiger partial charge in [0.05, 0.1) is 5.58 Å². The third kappa shape index (κ3) is 6.46. The number of thiophene rings is 1. The first-order chi connectivity index (χ1) is 21.3. The van der Waals surface area contributed by atoms with E-state index in [-0.39, 0.29) is 31.5 Å². The van der Waals surface area contributed by atoms with E-state index >= 15 is 0 Å². The Morgan fingerprint density at radius 1 is 0.902 bits per heavy atom. The Kier molecular flexibility index (Phi) is 6.73. The molecule has 7 rings (SSSR count). The number of aryl methyl sites for hydroxylation is 1. The number of nitrogens with zero attached hydrogens (tertiary/aromatic N) is 3. The van der Waals surface area contributed by atoms with Crippen molar-refractivity contribution in [3.63, 3.8) is 0 Å². The Morgan fingerprint density at radius 3 is 2.54 bits per heavy atom. The van der Waals surface area contributed by atoms with E-state index in [1.807, 2.05) is 87.5 Å². The topological polar surface area (TPSA) is 51.8 Å². The number of hydrogen-bond donors (Lipinski definition) is 0. The van der Waals surface area contributed by atoms with Gasteiger partial charge in [0, 0.05) is 54.5 Å². The number of fused-ring (bicyclic) bond motifs is 4. The van der Waals surface area contributed by atoms with E-state index in [2.05, 4.69) is 22.1 Å². The standard InChI is InChI=1S/C24H21N2OS.C11H8N.Ir/c1-14-8-10-18-17-6-5-7-19(21(17)27-22(18)25-14)20-11-9-15-12-16(13-24(2,3)4)28-23(15)26-20;1-2-6-10(7-3-1)11-8-4-5-9-12-11;/h5-6,8-12H,13H2,1-4H3;1-6,8-9H;/q2*-1;/i1D3,13D2;;. The van der Waals surface area contributed by atoms with Crippen LogP contribution in [0.2, 0.25) is 0 Å². The van der Waals surface area contributed by atoms with Crippen LogP contribution in [0.3, 0.4) is 0 Å². The van der Waals surface area contributed by atoms with Gasteiger partial charge in [0.1, 0.15) is 4.83 Å². The molecular formula is C35H29IrN3OS-2. The largest absolute Gasteiger partial charge is 0.486 e. The third-order valence-corrected chi connectivity index (χ3v) is 7.05. The van der Waals surface area contributed by atoms with Crippen LogP contribution in [-0.2, 0) is 26.5 Å². The van der Waals surface area contributed by atoms with Crippen LogP contribution >= 0.6 is 11.3 Å². The summed E-state index contributed by atoms with van der Waals surface area (Å²) in [5.41, 5.74) is 3.54. The molecule has 0 aliphatic heterocycles. The third-order valence-electron chi connectivity index (χ3n) is 6.09. The van der Waals surface area contributed by atoms with Crippen molar-refractivity contribution >= 4 is 43.6 Å². The van der Waals surface area contributed by atoms with Crippen molar-refractivity contribution in [3.05, 3.63) is 114 Å². The first-order valence-corrected chi connectivity index (χ1v) is 13.7. The van der Waals surface area contributed by atoms with Gasteiger partial charge in [0.25, 0.3) is 0 Å². The van der Waals surface area contributed by atoms with Gasteiger partial charge in [-0.3, -0.25) is 4.98 Å². The van der Waals surface area contributed by atoms with Crippen LogP contribution < -0.4 is 0 Å². The molecule has 4 nitrogen and oxygen atoms in total. The summed E-state index contributed by atoms with van der Waals surface area (Å²) in [6.45, 7) is 3.35. The number of hydrogen-bond acceptors (Lipinski definition) is 5. The number of furan rings is 1. The Bertz CT molecular complexity index is 2080. The van der Waals surface area contributed by atoms with Crippen LogP contribution in [0.5, 0.6) is 0 Å². The second kappa shape index (κ2) is 12.0. The molecule has 0 aliphatic rings. The number of rotatable bonds is 3. The minimum absolute atomic E-state index is 0. The minimum Gasteiger partial charge on any atom is -0.486 e. The average molecular weight is 737 g/mol. The summed E-state index contributed by atoms with van der Waals surface area (Å²) >= 11 is 1.35. The molecule has 0 saturated carbocycles. The monoisotopic (exact) mass is 737 g/mol. The molecule has 0 N–H and O–H groups in total. The van der Waals surface area contributed by atoms with Gasteiger partial charge < -0.3 is 9.40 Å². The fraction of sp³-hybridized carbons (Fsp3) is 0.171. The average Bonchev–Trinajstić information content (AvgIpc) is 3.63. The molecule has 1 radical (unpaired) electrons. The van der Waals surface area contributed by atoms with E-state index < -0.39 is 18.6 Å². The van der Waals surface area contributed by atoms with Crippen molar-refractivity contribution in [3.8, 4) is 22.5 Å². The molecule has 5 aromatic heterocycles. The predicted molar refractivity (Wildman–Crippen MR) is 165 cm³/mol. The Labute approximate surface area is 264 Å². The van der Waals surface area contributed by atoms with E-state index in [9.17, 15) is 0 Å². The van der Waals surface area contributed by atoms with Crippen molar-refractivity contribution in [1.82, 2.24) is 15.0 Å². The van der Waals surface area contributed by atoms with E-state index in [0.29, 0.717) is 21.7 Å². The van der Waals surface area contributed by atoms with Gasteiger partial charge in [0.2, 0.25) is 5.71 Å². The van der Waals surface area contributed by atoms with Gasteiger partial charge in [-0.25, -0.2) is 4.98 Å². The Hall–Kier alpha value is -3.70. The van der Waals surface area contributed by atoms with Gasteiger partial charge >= 0.3 is 0 Å². The molecule has 41 heavy (non-hydrogen) atoms. The molecular weight excluding hydrogens is 703 g/mol. The predicted octanol–water partition coefficient (Wildman–Crippen LogP) is 9.50. The smallest absolute Gasteiger partial charge is 0.216 e. The molecule has 0 atom stereocenters. The summed E-state index contributed by atoms with van der Waals surface area (Å²) in [4.78, 5) is 14.6. The maximum absolute atomic E-state index is 8.58. The van der Waals surface area contributed by atoms with E-state index in [4.69, 9.17) is 16.3 Å². The quantitative estimate of drug-likeness (QED) is 0.170. The van der Waals surface area contributed by atoms with Crippen molar-refractivity contribution in [1.29, 1.82) is 0 Å². The molecule has 0 amide bonds. The van der Waals surface area contributed by atoms with Crippen LogP contribution in [0, 0.1) is 24.4 Å². The Morgan fingerprint density at radius 2 is 1.78 bits per heavy atom. The second-order valence-corrected chi connectivity index (χ2v) is 11.3. The van der Waals surface area contributed by atoms with Gasteiger partial charge in [-0.1, -0.05) is 56.0 Å². The van der Waals surface area contributed by atoms with Gasteiger partial charge in [-0.15, -0.1) is 65.4 Å². The SMILES string of the molecule is [2H]C([2H])([2H])c1ccc2c(n1)oc1c(-c3ccc4cc(C([2H])([2H])C(C)(C)C)sc4n3)[c-]ccc12.[Ir].[c-]1ccccc1-c1ccccn1. The zero-order chi connectivity index (χ0) is 32.0. The van der Waals surface area contributed by atoms with Crippen molar-refractivity contribution < 1.29 is 31.4 Å². The maximum Gasteiger partial charge on any atom is 0.216 e. The summed E-state index contributed by atoms with van der Waals surface area (Å²) in [6, 6.07) is 32.5. The van der Waals surface area contributed by atoms with E-state index in [0.717, 1.165) is 32.2 Å². The molecule has 2 aromatic carbocycles. The molecule has 207 valence electrons. The van der Waals surface area contributed by atoms with E-state index in [1.54, 1.807) is 18.3 Å². The molecule has 5 heterocycles. The van der Waals surface area contributed by atoms with Crippen LogP contribution in [0.1, 0.15) is 38.2 Å². The van der Waals surface area contributed by atoms with Crippen LogP contribution in [0.4, 0.5) is 0 Å². The van der Waals surface area contributed by atoms with Gasteiger partial charge in [0.15, 0.2) is 0 Å². The maximum atomic E-state index is 8.58. The number of pyridine rings is 3. The number of benzene rings is 2. The summed E-state index contributed by atoms with van der Waals surface area (Å²) in [5, 5.41) is 2.42. The minimum atomic E-state index is -2.32. The summed E-state index contributed by atoms with van der Waals surface area (Å²) < 4.78 is 46.0. The fourth-order valence-electron chi connectivity index (χ4n) is 4.38. The molecule has 7 aromatic rings. The second-order valence-electron chi connectivity index (χ2n) is 10.3. The zero-order valence-electron chi connectivity index (χ0n) is 27.7. The van der Waals surface area contributed by atoms with Crippen molar-refractivity contribution in [2.24, 2.45) is 5.41 Å². The molecule has 0 aliphatic carbocycles. The molecule has 0 saturated heterocycles. The first-order valence-electron chi connectivity index (χ1n) is 15.4. The molecule has 0 fully saturated rings. The fourth-order valence-corrected chi connectivity index (χ4v) is 5.52.